The van der Waals surface area contributed by atoms with E-state index in [4.69, 9.17) is 5.26 Å². The van der Waals surface area contributed by atoms with Gasteiger partial charge in [0, 0.05) is 24.3 Å². The molecule has 0 aliphatic carbocycles. The van der Waals surface area contributed by atoms with Gasteiger partial charge in [-0.3, -0.25) is 14.4 Å². The Hall–Kier alpha value is -2.17. The number of anilines is 1. The first kappa shape index (κ1) is 16.7. The lowest BCUT2D eigenvalue weighted by molar-refractivity contribution is -0.117. The first-order valence-corrected chi connectivity index (χ1v) is 8.90. The first-order chi connectivity index (χ1) is 11.5. The molecule has 1 fully saturated rings. The van der Waals surface area contributed by atoms with Gasteiger partial charge in [0.1, 0.15) is 11.1 Å². The lowest BCUT2D eigenvalue weighted by atomic mass is 10.0. The summed E-state index contributed by atoms with van der Waals surface area (Å²) in [7, 11) is 1.96. The van der Waals surface area contributed by atoms with E-state index in [1.165, 1.54) is 16.9 Å². The molecule has 0 aromatic carbocycles. The standard InChI is InChI=1S/C17H21N5OS/c1-11-16(12(2)21(3)20-11)14-5-4-7-22(14)10-15(23)19-17-13(9-18)6-8-24-17/h6,8,14H,4-5,7,10H2,1-3H3,(H,19,23)/t14-/m0/s1. The van der Waals surface area contributed by atoms with Crippen LogP contribution in [0, 0.1) is 25.2 Å². The number of thiophene rings is 1. The molecule has 0 unspecified atom stereocenters. The summed E-state index contributed by atoms with van der Waals surface area (Å²) in [5.41, 5.74) is 3.97. The van der Waals surface area contributed by atoms with Gasteiger partial charge in [-0.05, 0) is 44.7 Å². The Bertz CT molecular complexity index is 800. The monoisotopic (exact) mass is 343 g/mol. The van der Waals surface area contributed by atoms with Crippen molar-refractivity contribution in [2.24, 2.45) is 7.05 Å². The van der Waals surface area contributed by atoms with Crippen LogP contribution in [0.2, 0.25) is 0 Å². The van der Waals surface area contributed by atoms with Crippen LogP contribution in [0.25, 0.3) is 0 Å². The van der Waals surface area contributed by atoms with Crippen molar-refractivity contribution in [1.82, 2.24) is 14.7 Å². The van der Waals surface area contributed by atoms with E-state index in [1.807, 2.05) is 24.0 Å². The molecule has 0 saturated carbocycles. The molecule has 1 aliphatic heterocycles. The maximum Gasteiger partial charge on any atom is 0.239 e. The van der Waals surface area contributed by atoms with Crippen LogP contribution in [0.1, 0.15) is 41.4 Å². The molecule has 7 heteroatoms. The molecule has 24 heavy (non-hydrogen) atoms. The summed E-state index contributed by atoms with van der Waals surface area (Å²) < 4.78 is 1.91. The fourth-order valence-corrected chi connectivity index (χ4v) is 4.21. The van der Waals surface area contributed by atoms with E-state index in [0.717, 1.165) is 30.8 Å². The number of nitrogens with zero attached hydrogens (tertiary/aromatic N) is 4. The number of aryl methyl sites for hydroxylation is 2. The molecule has 1 atom stereocenters. The zero-order valence-electron chi connectivity index (χ0n) is 14.2. The average molecular weight is 343 g/mol. The minimum atomic E-state index is -0.0694. The van der Waals surface area contributed by atoms with Crippen molar-refractivity contribution in [2.75, 3.05) is 18.4 Å². The molecule has 6 nitrogen and oxygen atoms in total. The van der Waals surface area contributed by atoms with E-state index in [9.17, 15) is 4.79 Å². The number of nitrogens with one attached hydrogen (secondary N) is 1. The zero-order valence-corrected chi connectivity index (χ0v) is 15.0. The largest absolute Gasteiger partial charge is 0.315 e. The minimum absolute atomic E-state index is 0.0694. The van der Waals surface area contributed by atoms with E-state index < -0.39 is 0 Å². The van der Waals surface area contributed by atoms with Crippen molar-refractivity contribution < 1.29 is 4.79 Å². The van der Waals surface area contributed by atoms with Gasteiger partial charge < -0.3 is 5.32 Å². The van der Waals surface area contributed by atoms with Crippen LogP contribution >= 0.6 is 11.3 Å². The molecule has 3 heterocycles. The Morgan fingerprint density at radius 1 is 1.54 bits per heavy atom. The van der Waals surface area contributed by atoms with E-state index in [-0.39, 0.29) is 11.9 Å². The van der Waals surface area contributed by atoms with Gasteiger partial charge in [-0.1, -0.05) is 0 Å². The van der Waals surface area contributed by atoms with Crippen molar-refractivity contribution >= 4 is 22.2 Å². The molecule has 1 amide bonds. The maximum atomic E-state index is 12.4. The van der Waals surface area contributed by atoms with Gasteiger partial charge in [-0.15, -0.1) is 11.3 Å². The van der Waals surface area contributed by atoms with Gasteiger partial charge in [0.05, 0.1) is 17.8 Å². The van der Waals surface area contributed by atoms with E-state index in [0.29, 0.717) is 17.1 Å². The SMILES string of the molecule is Cc1nn(C)c(C)c1[C@@H]1CCCN1CC(=O)Nc1sccc1C#N. The van der Waals surface area contributed by atoms with Crippen molar-refractivity contribution in [3.63, 3.8) is 0 Å². The number of aromatic nitrogens is 2. The average Bonchev–Trinajstić information content (AvgIpc) is 3.21. The van der Waals surface area contributed by atoms with Crippen LogP contribution in [-0.2, 0) is 11.8 Å². The van der Waals surface area contributed by atoms with E-state index in [2.05, 4.69) is 28.3 Å². The Balaban J connectivity index is 1.72. The fraction of sp³-hybridized carbons (Fsp3) is 0.471. The van der Waals surface area contributed by atoms with Gasteiger partial charge >= 0.3 is 0 Å². The Morgan fingerprint density at radius 3 is 3.00 bits per heavy atom. The summed E-state index contributed by atoms with van der Waals surface area (Å²) in [5.74, 6) is -0.0694. The van der Waals surface area contributed by atoms with Gasteiger partial charge in [-0.25, -0.2) is 0 Å². The highest BCUT2D eigenvalue weighted by Gasteiger charge is 2.31. The van der Waals surface area contributed by atoms with Gasteiger partial charge in [0.15, 0.2) is 0 Å². The van der Waals surface area contributed by atoms with Crippen molar-refractivity contribution in [3.05, 3.63) is 34.0 Å². The van der Waals surface area contributed by atoms with Crippen LogP contribution in [0.15, 0.2) is 11.4 Å². The molecule has 1 N–H and O–H groups in total. The number of likely N-dealkylation sites (tertiary alicyclic amines) is 1. The summed E-state index contributed by atoms with van der Waals surface area (Å²) in [4.78, 5) is 14.6. The summed E-state index contributed by atoms with van der Waals surface area (Å²) in [5, 5.41) is 18.9. The van der Waals surface area contributed by atoms with Gasteiger partial charge in [0.2, 0.25) is 5.91 Å². The van der Waals surface area contributed by atoms with Gasteiger partial charge in [0.25, 0.3) is 0 Å². The van der Waals surface area contributed by atoms with Crippen molar-refractivity contribution in [2.45, 2.75) is 32.7 Å². The Labute approximate surface area is 145 Å². The fourth-order valence-electron chi connectivity index (χ4n) is 3.46. The molecular formula is C17H21N5OS. The van der Waals surface area contributed by atoms with Crippen LogP contribution in [0.4, 0.5) is 5.00 Å². The van der Waals surface area contributed by atoms with Crippen molar-refractivity contribution in [1.29, 1.82) is 5.26 Å². The van der Waals surface area contributed by atoms with Crippen LogP contribution < -0.4 is 5.32 Å². The molecule has 2 aromatic rings. The highest BCUT2D eigenvalue weighted by Crippen LogP contribution is 2.35. The summed E-state index contributed by atoms with van der Waals surface area (Å²) >= 11 is 1.38. The number of amides is 1. The normalized spacial score (nSPS) is 17.8. The second-order valence-corrected chi connectivity index (χ2v) is 7.08. The summed E-state index contributed by atoms with van der Waals surface area (Å²) in [6, 6.07) is 4.06. The second-order valence-electron chi connectivity index (χ2n) is 6.16. The molecule has 1 aliphatic rings. The Morgan fingerprint density at radius 2 is 2.33 bits per heavy atom. The molecule has 1 saturated heterocycles. The van der Waals surface area contributed by atoms with E-state index >= 15 is 0 Å². The number of carbonyl (C=O) groups is 1. The van der Waals surface area contributed by atoms with Gasteiger partial charge in [-0.2, -0.15) is 10.4 Å². The van der Waals surface area contributed by atoms with Crippen LogP contribution in [0.3, 0.4) is 0 Å². The molecule has 3 rings (SSSR count). The van der Waals surface area contributed by atoms with Crippen molar-refractivity contribution in [3.8, 4) is 6.07 Å². The molecule has 126 valence electrons. The predicted octanol–water partition coefficient (Wildman–Crippen LogP) is 2.75. The maximum absolute atomic E-state index is 12.4. The molecular weight excluding hydrogens is 322 g/mol. The molecule has 2 aromatic heterocycles. The lowest BCUT2D eigenvalue weighted by Crippen LogP contribution is -2.33. The number of rotatable bonds is 4. The quantitative estimate of drug-likeness (QED) is 0.926. The number of carbonyl (C=O) groups excluding carboxylic acids is 1. The third kappa shape index (κ3) is 3.07. The first-order valence-electron chi connectivity index (χ1n) is 8.03. The third-order valence-corrected chi connectivity index (χ3v) is 5.48. The summed E-state index contributed by atoms with van der Waals surface area (Å²) in [6.07, 6.45) is 2.12. The zero-order chi connectivity index (χ0) is 17.3. The molecule has 0 bridgehead atoms. The predicted molar refractivity (Wildman–Crippen MR) is 93.9 cm³/mol. The third-order valence-electron chi connectivity index (χ3n) is 4.65. The highest BCUT2D eigenvalue weighted by molar-refractivity contribution is 7.14. The molecule has 0 spiro atoms. The number of nitriles is 1. The number of hydrogen-bond acceptors (Lipinski definition) is 5. The van der Waals surface area contributed by atoms with E-state index in [1.54, 1.807) is 6.07 Å². The smallest absolute Gasteiger partial charge is 0.239 e. The topological polar surface area (TPSA) is 74.0 Å². The van der Waals surface area contributed by atoms with Crippen LogP contribution in [0.5, 0.6) is 0 Å². The van der Waals surface area contributed by atoms with Crippen LogP contribution in [-0.4, -0.2) is 33.7 Å². The molecule has 0 radical (unpaired) electrons. The highest BCUT2D eigenvalue weighted by atomic mass is 32.1. The minimum Gasteiger partial charge on any atom is -0.315 e. The Kier molecular flexibility index (Phi) is 4.69. The number of hydrogen-bond donors (Lipinski definition) is 1. The lowest BCUT2D eigenvalue weighted by Gasteiger charge is -2.24. The summed E-state index contributed by atoms with van der Waals surface area (Å²) in [6.45, 7) is 5.35. The second kappa shape index (κ2) is 6.75.